The van der Waals surface area contributed by atoms with Gasteiger partial charge >= 0.3 is 12.1 Å². The molecule has 3 rings (SSSR count). The summed E-state index contributed by atoms with van der Waals surface area (Å²) in [6.45, 7) is 0.769. The number of benzene rings is 2. The third kappa shape index (κ3) is 4.93. The summed E-state index contributed by atoms with van der Waals surface area (Å²) in [6.07, 6.45) is -4.07. The molecule has 0 bridgehead atoms. The van der Waals surface area contributed by atoms with Crippen LogP contribution in [0, 0.1) is 10.1 Å². The number of carbonyl (C=O) groups is 2. The predicted octanol–water partition coefficient (Wildman–Crippen LogP) is 3.55. The van der Waals surface area contributed by atoms with Gasteiger partial charge in [0, 0.05) is 17.8 Å². The molecule has 0 saturated heterocycles. The fourth-order valence-corrected chi connectivity index (χ4v) is 3.38. The molecule has 0 fully saturated rings. The van der Waals surface area contributed by atoms with Crippen molar-refractivity contribution in [1.82, 2.24) is 0 Å². The average Bonchev–Trinajstić information content (AvgIpc) is 3.05. The van der Waals surface area contributed by atoms with E-state index in [0.717, 1.165) is 17.3 Å². The minimum absolute atomic E-state index is 0.100. The fraction of sp³-hybridized carbons (Fsp3) is 0.300. The SMILES string of the molecule is C[C@@H]1Cc2ccccc2N1C(=O)COC(=O)CNc1ccc(C(F)(F)F)cc1[N+](=O)[O-]. The van der Waals surface area contributed by atoms with E-state index in [2.05, 4.69) is 5.32 Å². The Kier molecular flexibility index (Phi) is 6.14. The number of carbonyl (C=O) groups excluding carboxylic acids is 2. The first kappa shape index (κ1) is 22.1. The molecule has 11 heteroatoms. The smallest absolute Gasteiger partial charge is 0.416 e. The highest BCUT2D eigenvalue weighted by Crippen LogP contribution is 2.35. The van der Waals surface area contributed by atoms with Crippen molar-refractivity contribution in [2.24, 2.45) is 0 Å². The van der Waals surface area contributed by atoms with Crippen LogP contribution in [0.5, 0.6) is 0 Å². The Balaban J connectivity index is 1.59. The first-order valence-electron chi connectivity index (χ1n) is 9.23. The summed E-state index contributed by atoms with van der Waals surface area (Å²) in [6, 6.07) is 9.17. The van der Waals surface area contributed by atoms with Gasteiger partial charge in [-0.3, -0.25) is 19.7 Å². The Morgan fingerprint density at radius 3 is 2.65 bits per heavy atom. The third-order valence-corrected chi connectivity index (χ3v) is 4.78. The number of para-hydroxylation sites is 1. The van der Waals surface area contributed by atoms with Crippen LogP contribution < -0.4 is 10.2 Å². The van der Waals surface area contributed by atoms with Crippen LogP contribution in [-0.2, 0) is 26.9 Å². The summed E-state index contributed by atoms with van der Waals surface area (Å²) in [5.74, 6) is -1.31. The van der Waals surface area contributed by atoms with Crippen LogP contribution in [0.15, 0.2) is 42.5 Å². The number of nitrogens with zero attached hydrogens (tertiary/aromatic N) is 2. The summed E-state index contributed by atoms with van der Waals surface area (Å²) >= 11 is 0. The van der Waals surface area contributed by atoms with Crippen molar-refractivity contribution in [1.29, 1.82) is 0 Å². The summed E-state index contributed by atoms with van der Waals surface area (Å²) in [5, 5.41) is 13.5. The number of ether oxygens (including phenoxy) is 1. The number of halogens is 3. The molecule has 2 aromatic carbocycles. The molecule has 1 amide bonds. The molecule has 1 N–H and O–H groups in total. The summed E-state index contributed by atoms with van der Waals surface area (Å²) in [5.41, 5.74) is -0.539. The second kappa shape index (κ2) is 8.62. The van der Waals surface area contributed by atoms with Crippen LogP contribution in [-0.4, -0.2) is 36.0 Å². The van der Waals surface area contributed by atoms with Crippen molar-refractivity contribution in [3.05, 3.63) is 63.7 Å². The van der Waals surface area contributed by atoms with Crippen molar-refractivity contribution < 1.29 is 32.4 Å². The van der Waals surface area contributed by atoms with Gasteiger partial charge in [0.25, 0.3) is 11.6 Å². The summed E-state index contributed by atoms with van der Waals surface area (Å²) < 4.78 is 43.2. The molecule has 0 aliphatic carbocycles. The van der Waals surface area contributed by atoms with E-state index in [4.69, 9.17) is 4.74 Å². The highest BCUT2D eigenvalue weighted by Gasteiger charge is 2.33. The van der Waals surface area contributed by atoms with Gasteiger partial charge in [0.1, 0.15) is 12.2 Å². The first-order chi connectivity index (χ1) is 14.6. The standard InChI is InChI=1S/C20H18F3N3O5/c1-12-8-13-4-2-3-5-16(13)25(12)18(27)11-31-19(28)10-24-15-7-6-14(20(21,22)23)9-17(15)26(29)30/h2-7,9,12,24H,8,10-11H2,1H3/t12-/m1/s1. The van der Waals surface area contributed by atoms with Crippen molar-refractivity contribution in [3.63, 3.8) is 0 Å². The van der Waals surface area contributed by atoms with Crippen LogP contribution in [0.2, 0.25) is 0 Å². The maximum Gasteiger partial charge on any atom is 0.416 e. The highest BCUT2D eigenvalue weighted by molar-refractivity contribution is 5.97. The number of nitro benzene ring substituents is 1. The molecule has 1 aliphatic heterocycles. The van der Waals surface area contributed by atoms with Gasteiger partial charge in [-0.25, -0.2) is 0 Å². The minimum atomic E-state index is -4.74. The van der Waals surface area contributed by atoms with E-state index >= 15 is 0 Å². The summed E-state index contributed by atoms with van der Waals surface area (Å²) in [7, 11) is 0. The van der Waals surface area contributed by atoms with Crippen LogP contribution in [0.25, 0.3) is 0 Å². The molecule has 0 saturated carbocycles. The van der Waals surface area contributed by atoms with Gasteiger partial charge in [-0.2, -0.15) is 13.2 Å². The molecular weight excluding hydrogens is 419 g/mol. The van der Waals surface area contributed by atoms with E-state index in [1.165, 1.54) is 4.90 Å². The van der Waals surface area contributed by atoms with Gasteiger partial charge < -0.3 is 15.0 Å². The Bertz CT molecular complexity index is 1030. The zero-order valence-corrected chi connectivity index (χ0v) is 16.3. The minimum Gasteiger partial charge on any atom is -0.454 e. The quantitative estimate of drug-likeness (QED) is 0.421. The monoisotopic (exact) mass is 437 g/mol. The second-order valence-electron chi connectivity index (χ2n) is 6.95. The number of anilines is 2. The van der Waals surface area contributed by atoms with Gasteiger partial charge in [0.05, 0.1) is 10.5 Å². The number of rotatable bonds is 6. The normalized spacial score (nSPS) is 15.4. The Hall–Kier alpha value is -3.63. The maximum atomic E-state index is 12.7. The number of hydrogen-bond acceptors (Lipinski definition) is 6. The topological polar surface area (TPSA) is 102 Å². The molecule has 31 heavy (non-hydrogen) atoms. The van der Waals surface area contributed by atoms with Crippen molar-refractivity contribution in [2.75, 3.05) is 23.4 Å². The van der Waals surface area contributed by atoms with Crippen molar-refractivity contribution in [2.45, 2.75) is 25.6 Å². The molecule has 8 nitrogen and oxygen atoms in total. The maximum absolute atomic E-state index is 12.7. The van der Waals surface area contributed by atoms with E-state index in [1.54, 1.807) is 12.1 Å². The number of alkyl halides is 3. The molecule has 1 aliphatic rings. The number of hydrogen-bond donors (Lipinski definition) is 1. The van der Waals surface area contributed by atoms with Crippen LogP contribution >= 0.6 is 0 Å². The molecule has 0 aromatic heterocycles. The lowest BCUT2D eigenvalue weighted by atomic mass is 10.1. The molecule has 0 radical (unpaired) electrons. The third-order valence-electron chi connectivity index (χ3n) is 4.78. The van der Waals surface area contributed by atoms with E-state index in [9.17, 15) is 32.9 Å². The Labute approximate surface area is 174 Å². The zero-order chi connectivity index (χ0) is 22.8. The fourth-order valence-electron chi connectivity index (χ4n) is 3.38. The predicted molar refractivity (Wildman–Crippen MR) is 105 cm³/mol. The second-order valence-corrected chi connectivity index (χ2v) is 6.95. The van der Waals surface area contributed by atoms with Crippen LogP contribution in [0.1, 0.15) is 18.1 Å². The van der Waals surface area contributed by atoms with Gasteiger partial charge in [0.2, 0.25) is 0 Å². The lowest BCUT2D eigenvalue weighted by molar-refractivity contribution is -0.384. The zero-order valence-electron chi connectivity index (χ0n) is 16.3. The van der Waals surface area contributed by atoms with Gasteiger partial charge in [-0.05, 0) is 37.1 Å². The molecule has 1 atom stereocenters. The molecule has 1 heterocycles. The van der Waals surface area contributed by atoms with Gasteiger partial charge in [-0.15, -0.1) is 0 Å². The van der Waals surface area contributed by atoms with Crippen molar-refractivity contribution >= 4 is 28.9 Å². The lowest BCUT2D eigenvalue weighted by Gasteiger charge is -2.22. The number of nitro groups is 1. The molecule has 0 spiro atoms. The number of nitrogens with one attached hydrogen (secondary N) is 1. The van der Waals surface area contributed by atoms with E-state index < -0.39 is 47.4 Å². The molecular formula is C20H18F3N3O5. The van der Waals surface area contributed by atoms with Gasteiger partial charge in [-0.1, -0.05) is 18.2 Å². The number of esters is 1. The van der Waals surface area contributed by atoms with Crippen molar-refractivity contribution in [3.8, 4) is 0 Å². The molecule has 0 unspecified atom stereocenters. The Morgan fingerprint density at radius 1 is 1.26 bits per heavy atom. The highest BCUT2D eigenvalue weighted by atomic mass is 19.4. The first-order valence-corrected chi connectivity index (χ1v) is 9.23. The largest absolute Gasteiger partial charge is 0.454 e. The average molecular weight is 437 g/mol. The number of amides is 1. The lowest BCUT2D eigenvalue weighted by Crippen LogP contribution is -2.39. The van der Waals surface area contributed by atoms with E-state index in [0.29, 0.717) is 18.6 Å². The van der Waals surface area contributed by atoms with Crippen LogP contribution in [0.3, 0.4) is 0 Å². The number of fused-ring (bicyclic) bond motifs is 1. The van der Waals surface area contributed by atoms with E-state index in [-0.39, 0.29) is 11.7 Å². The Morgan fingerprint density at radius 2 is 1.97 bits per heavy atom. The summed E-state index contributed by atoms with van der Waals surface area (Å²) in [4.78, 5) is 36.1. The molecule has 2 aromatic rings. The van der Waals surface area contributed by atoms with E-state index in [1.807, 2.05) is 19.1 Å². The van der Waals surface area contributed by atoms with Gasteiger partial charge in [0.15, 0.2) is 6.61 Å². The molecule has 164 valence electrons. The van der Waals surface area contributed by atoms with Crippen LogP contribution in [0.4, 0.5) is 30.2 Å².